The normalized spacial score (nSPS) is 14.4. The van der Waals surface area contributed by atoms with Crippen LogP contribution in [0.3, 0.4) is 0 Å². The number of benzene rings is 1. The van der Waals surface area contributed by atoms with Crippen molar-refractivity contribution in [3.05, 3.63) is 40.6 Å². The van der Waals surface area contributed by atoms with Gasteiger partial charge in [0.05, 0.1) is 24.4 Å². The van der Waals surface area contributed by atoms with Crippen LogP contribution < -0.4 is 11.1 Å². The first-order chi connectivity index (χ1) is 9.93. The van der Waals surface area contributed by atoms with Crippen molar-refractivity contribution in [1.82, 2.24) is 4.90 Å². The molecule has 4 N–H and O–H groups in total. The van der Waals surface area contributed by atoms with Crippen molar-refractivity contribution in [3.63, 3.8) is 0 Å². The van der Waals surface area contributed by atoms with E-state index in [1.165, 1.54) is 18.2 Å². The predicted molar refractivity (Wildman–Crippen MR) is 75.5 cm³/mol. The summed E-state index contributed by atoms with van der Waals surface area (Å²) in [5, 5.41) is 11.8. The van der Waals surface area contributed by atoms with Crippen LogP contribution in [-0.2, 0) is 9.59 Å². The Hall–Kier alpha value is -2.38. The van der Waals surface area contributed by atoms with Gasteiger partial charge < -0.3 is 16.2 Å². The highest BCUT2D eigenvalue weighted by Gasteiger charge is 2.31. The zero-order valence-corrected chi connectivity index (χ0v) is 11.6. The van der Waals surface area contributed by atoms with Crippen molar-refractivity contribution in [1.29, 1.82) is 0 Å². The number of primary amides is 1. The van der Waals surface area contributed by atoms with E-state index in [0.717, 1.165) is 11.0 Å². The Balaban J connectivity index is 2.28. The van der Waals surface area contributed by atoms with Crippen molar-refractivity contribution >= 4 is 35.0 Å². The highest BCUT2D eigenvalue weighted by molar-refractivity contribution is 6.31. The maximum atomic E-state index is 12.0. The van der Waals surface area contributed by atoms with Crippen LogP contribution in [0, 0.1) is 0 Å². The molecule has 0 saturated heterocycles. The number of rotatable bonds is 5. The van der Waals surface area contributed by atoms with E-state index in [0.29, 0.717) is 5.02 Å². The lowest BCUT2D eigenvalue weighted by Crippen LogP contribution is -2.34. The molecule has 0 radical (unpaired) electrons. The standard InChI is InChI=1S/C13H12ClN3O4/c14-7-1-2-9(8(5-7)12(15)20)16-10-6-11(19)17(3-4-18)13(10)21/h1-2,5-6,16,18H,3-4H2,(H2,15,20). The summed E-state index contributed by atoms with van der Waals surface area (Å²) in [6, 6.07) is 4.36. The maximum absolute atomic E-state index is 12.0. The molecule has 1 aliphatic rings. The molecule has 3 amide bonds. The third-order valence-corrected chi connectivity index (χ3v) is 3.08. The van der Waals surface area contributed by atoms with E-state index in [9.17, 15) is 14.4 Å². The second-order valence-corrected chi connectivity index (χ2v) is 4.69. The van der Waals surface area contributed by atoms with Crippen LogP contribution >= 0.6 is 11.6 Å². The number of β-amino-alcohol motifs (C(OH)–C–C–N with tert-alkyl or cyclic N) is 1. The van der Waals surface area contributed by atoms with Gasteiger partial charge in [0.25, 0.3) is 17.7 Å². The number of anilines is 1. The van der Waals surface area contributed by atoms with Gasteiger partial charge in [-0.1, -0.05) is 11.6 Å². The van der Waals surface area contributed by atoms with Gasteiger partial charge in [-0.2, -0.15) is 0 Å². The molecule has 0 fully saturated rings. The van der Waals surface area contributed by atoms with Gasteiger partial charge in [-0.3, -0.25) is 19.3 Å². The lowest BCUT2D eigenvalue weighted by molar-refractivity contribution is -0.137. The zero-order chi connectivity index (χ0) is 15.6. The monoisotopic (exact) mass is 309 g/mol. The molecule has 110 valence electrons. The number of hydrogen-bond donors (Lipinski definition) is 3. The van der Waals surface area contributed by atoms with Gasteiger partial charge in [-0.05, 0) is 18.2 Å². The number of nitrogens with zero attached hydrogens (tertiary/aromatic N) is 1. The van der Waals surface area contributed by atoms with Crippen LogP contribution in [-0.4, -0.2) is 40.9 Å². The topological polar surface area (TPSA) is 113 Å². The smallest absolute Gasteiger partial charge is 0.277 e. The molecule has 0 bridgehead atoms. The molecule has 1 aromatic carbocycles. The number of carbonyl (C=O) groups excluding carboxylic acids is 3. The Morgan fingerprint density at radius 1 is 1.38 bits per heavy atom. The molecule has 1 aromatic rings. The summed E-state index contributed by atoms with van der Waals surface area (Å²) >= 11 is 5.79. The number of carbonyl (C=O) groups is 3. The van der Waals surface area contributed by atoms with E-state index in [-0.39, 0.29) is 30.1 Å². The Bertz CT molecular complexity index is 657. The van der Waals surface area contributed by atoms with Gasteiger partial charge >= 0.3 is 0 Å². The van der Waals surface area contributed by atoms with Crippen molar-refractivity contribution in [2.24, 2.45) is 5.73 Å². The first-order valence-electron chi connectivity index (χ1n) is 5.99. The molecule has 21 heavy (non-hydrogen) atoms. The fourth-order valence-corrected chi connectivity index (χ4v) is 2.06. The number of halogens is 1. The average molecular weight is 310 g/mol. The van der Waals surface area contributed by atoms with Gasteiger partial charge in [0, 0.05) is 11.1 Å². The summed E-state index contributed by atoms with van der Waals surface area (Å²) in [7, 11) is 0. The summed E-state index contributed by atoms with van der Waals surface area (Å²) in [6.45, 7) is -0.422. The Kier molecular flexibility index (Phi) is 4.25. The summed E-state index contributed by atoms with van der Waals surface area (Å²) in [6.07, 6.45) is 1.09. The summed E-state index contributed by atoms with van der Waals surface area (Å²) < 4.78 is 0. The van der Waals surface area contributed by atoms with Crippen molar-refractivity contribution in [2.75, 3.05) is 18.5 Å². The number of aliphatic hydroxyl groups excluding tert-OH is 1. The van der Waals surface area contributed by atoms with E-state index in [1.807, 2.05) is 0 Å². The predicted octanol–water partition coefficient (Wildman–Crippen LogP) is 0.0958. The molecule has 0 atom stereocenters. The minimum Gasteiger partial charge on any atom is -0.395 e. The van der Waals surface area contributed by atoms with Gasteiger partial charge in [0.2, 0.25) is 0 Å². The molecule has 7 nitrogen and oxygen atoms in total. The van der Waals surface area contributed by atoms with Crippen LogP contribution in [0.5, 0.6) is 0 Å². The fraction of sp³-hybridized carbons (Fsp3) is 0.154. The minimum atomic E-state index is -0.718. The first-order valence-corrected chi connectivity index (χ1v) is 6.36. The lowest BCUT2D eigenvalue weighted by Gasteiger charge is -2.14. The number of imide groups is 1. The minimum absolute atomic E-state index is 0.00160. The molecule has 1 heterocycles. The summed E-state index contributed by atoms with van der Waals surface area (Å²) in [4.78, 5) is 35.9. The van der Waals surface area contributed by atoms with Crippen molar-refractivity contribution < 1.29 is 19.5 Å². The molecular formula is C13H12ClN3O4. The maximum Gasteiger partial charge on any atom is 0.277 e. The molecular weight excluding hydrogens is 298 g/mol. The van der Waals surface area contributed by atoms with E-state index in [2.05, 4.69) is 5.32 Å². The van der Waals surface area contributed by atoms with E-state index >= 15 is 0 Å². The number of hydrogen-bond acceptors (Lipinski definition) is 5. The van der Waals surface area contributed by atoms with E-state index < -0.39 is 17.7 Å². The highest BCUT2D eigenvalue weighted by atomic mass is 35.5. The summed E-state index contributed by atoms with van der Waals surface area (Å²) in [5.74, 6) is -1.84. The van der Waals surface area contributed by atoms with Gasteiger partial charge in [0.15, 0.2) is 0 Å². The Labute approximate surface area is 125 Å². The molecule has 0 saturated carbocycles. The fourth-order valence-electron chi connectivity index (χ4n) is 1.88. The van der Waals surface area contributed by atoms with Crippen molar-refractivity contribution in [2.45, 2.75) is 0 Å². The molecule has 1 aliphatic heterocycles. The second-order valence-electron chi connectivity index (χ2n) is 4.26. The van der Waals surface area contributed by atoms with Gasteiger partial charge in [0.1, 0.15) is 5.70 Å². The third-order valence-electron chi connectivity index (χ3n) is 2.85. The second kappa shape index (κ2) is 5.94. The van der Waals surface area contributed by atoms with Crippen LogP contribution in [0.1, 0.15) is 10.4 Å². The Morgan fingerprint density at radius 2 is 2.10 bits per heavy atom. The van der Waals surface area contributed by atoms with Gasteiger partial charge in [-0.25, -0.2) is 0 Å². The zero-order valence-electron chi connectivity index (χ0n) is 10.8. The van der Waals surface area contributed by atoms with Crippen LogP contribution in [0.25, 0.3) is 0 Å². The SMILES string of the molecule is NC(=O)c1cc(Cl)ccc1NC1=CC(=O)N(CCO)C1=O. The number of aliphatic hydroxyl groups is 1. The molecule has 0 spiro atoms. The first kappa shape index (κ1) is 15.0. The third kappa shape index (κ3) is 3.04. The molecule has 0 unspecified atom stereocenters. The quantitative estimate of drug-likeness (QED) is 0.668. The molecule has 8 heteroatoms. The van der Waals surface area contributed by atoms with Gasteiger partial charge in [-0.15, -0.1) is 0 Å². The van der Waals surface area contributed by atoms with Crippen LogP contribution in [0.2, 0.25) is 5.02 Å². The molecule has 0 aliphatic carbocycles. The number of amides is 3. The largest absolute Gasteiger partial charge is 0.395 e. The number of nitrogens with one attached hydrogen (secondary N) is 1. The van der Waals surface area contributed by atoms with Crippen molar-refractivity contribution in [3.8, 4) is 0 Å². The van der Waals surface area contributed by atoms with E-state index in [4.69, 9.17) is 22.4 Å². The van der Waals surface area contributed by atoms with E-state index in [1.54, 1.807) is 0 Å². The van der Waals surface area contributed by atoms with Crippen LogP contribution in [0.15, 0.2) is 30.0 Å². The summed E-state index contributed by atoms with van der Waals surface area (Å²) in [5.41, 5.74) is 5.61. The molecule has 2 rings (SSSR count). The molecule has 0 aromatic heterocycles. The number of nitrogens with two attached hydrogens (primary N) is 1. The average Bonchev–Trinajstić information content (AvgIpc) is 2.68. The van der Waals surface area contributed by atoms with Crippen LogP contribution in [0.4, 0.5) is 5.69 Å². The lowest BCUT2D eigenvalue weighted by atomic mass is 10.1. The Morgan fingerprint density at radius 3 is 2.71 bits per heavy atom. The highest BCUT2D eigenvalue weighted by Crippen LogP contribution is 2.23.